The molecular formula is C14H13ClN2O3S. The number of rotatable bonds is 3. The summed E-state index contributed by atoms with van der Waals surface area (Å²) in [4.78, 5) is 0. The van der Waals surface area contributed by atoms with Crippen LogP contribution in [0.5, 0.6) is 0 Å². The van der Waals surface area contributed by atoms with Crippen molar-refractivity contribution in [2.45, 2.75) is 12.5 Å². The van der Waals surface area contributed by atoms with E-state index in [0.717, 1.165) is 16.2 Å². The van der Waals surface area contributed by atoms with Crippen LogP contribution in [0.1, 0.15) is 23.8 Å². The van der Waals surface area contributed by atoms with Crippen molar-refractivity contribution in [3.8, 4) is 0 Å². The van der Waals surface area contributed by atoms with Crippen LogP contribution in [0.2, 0.25) is 5.02 Å². The van der Waals surface area contributed by atoms with Crippen molar-refractivity contribution in [1.82, 2.24) is 4.41 Å². The predicted molar refractivity (Wildman–Crippen MR) is 80.7 cm³/mol. The summed E-state index contributed by atoms with van der Waals surface area (Å²) in [5.41, 5.74) is 1.41. The zero-order chi connectivity index (χ0) is 15.0. The third-order valence-electron chi connectivity index (χ3n) is 3.25. The fourth-order valence-electron chi connectivity index (χ4n) is 2.35. The van der Waals surface area contributed by atoms with Crippen molar-refractivity contribution in [2.24, 2.45) is 5.10 Å². The monoisotopic (exact) mass is 324 g/mol. The van der Waals surface area contributed by atoms with Gasteiger partial charge >= 0.3 is 0 Å². The predicted octanol–water partition coefficient (Wildman–Crippen LogP) is 3.04. The van der Waals surface area contributed by atoms with Crippen molar-refractivity contribution in [3.05, 3.63) is 59.0 Å². The molecule has 7 heteroatoms. The van der Waals surface area contributed by atoms with Gasteiger partial charge in [0, 0.05) is 11.4 Å². The first-order chi connectivity index (χ1) is 9.95. The summed E-state index contributed by atoms with van der Waals surface area (Å²) in [5.74, 6) is 0.577. The molecule has 0 aliphatic carbocycles. The van der Waals surface area contributed by atoms with Gasteiger partial charge in [0.05, 0.1) is 18.6 Å². The summed E-state index contributed by atoms with van der Waals surface area (Å²) < 4.78 is 30.4. The number of furan rings is 1. The first-order valence-corrected chi connectivity index (χ1v) is 8.54. The van der Waals surface area contributed by atoms with Gasteiger partial charge < -0.3 is 4.42 Å². The lowest BCUT2D eigenvalue weighted by molar-refractivity contribution is 0.375. The van der Waals surface area contributed by atoms with Crippen molar-refractivity contribution in [1.29, 1.82) is 0 Å². The van der Waals surface area contributed by atoms with E-state index < -0.39 is 16.1 Å². The maximum atomic E-state index is 12.0. The van der Waals surface area contributed by atoms with E-state index in [2.05, 4.69) is 5.10 Å². The molecule has 3 rings (SSSR count). The Kier molecular flexibility index (Phi) is 3.51. The largest absolute Gasteiger partial charge is 0.463 e. The number of nitrogens with zero attached hydrogens (tertiary/aromatic N) is 2. The SMILES string of the molecule is CS(=O)(=O)N1N=C(c2ccco2)CC1c1cccc(Cl)c1. The third-order valence-corrected chi connectivity index (χ3v) is 4.50. The van der Waals surface area contributed by atoms with Crippen molar-refractivity contribution < 1.29 is 12.8 Å². The fourth-order valence-corrected chi connectivity index (χ4v) is 3.45. The third kappa shape index (κ3) is 2.82. The minimum absolute atomic E-state index is 0.404. The van der Waals surface area contributed by atoms with Gasteiger partial charge in [-0.15, -0.1) is 0 Å². The molecule has 0 amide bonds. The van der Waals surface area contributed by atoms with Gasteiger partial charge in [0.2, 0.25) is 10.0 Å². The van der Waals surface area contributed by atoms with Crippen LogP contribution in [-0.4, -0.2) is 24.8 Å². The normalized spacial score (nSPS) is 18.9. The molecule has 1 atom stereocenters. The second kappa shape index (κ2) is 5.20. The maximum absolute atomic E-state index is 12.0. The molecule has 0 N–H and O–H groups in total. The van der Waals surface area contributed by atoms with Crippen molar-refractivity contribution in [3.63, 3.8) is 0 Å². The van der Waals surface area contributed by atoms with E-state index >= 15 is 0 Å². The molecule has 1 unspecified atom stereocenters. The Morgan fingerprint density at radius 1 is 1.33 bits per heavy atom. The Morgan fingerprint density at radius 3 is 2.76 bits per heavy atom. The van der Waals surface area contributed by atoms with Gasteiger partial charge in [-0.3, -0.25) is 0 Å². The van der Waals surface area contributed by atoms with Crippen LogP contribution < -0.4 is 0 Å². The molecule has 0 spiro atoms. The number of sulfonamides is 1. The van der Waals surface area contributed by atoms with Gasteiger partial charge in [-0.05, 0) is 29.8 Å². The number of hydrazone groups is 1. The average Bonchev–Trinajstić information content (AvgIpc) is 3.07. The summed E-state index contributed by atoms with van der Waals surface area (Å²) in [6.45, 7) is 0. The first kappa shape index (κ1) is 14.2. The molecule has 1 aliphatic rings. The molecule has 5 nitrogen and oxygen atoms in total. The van der Waals surface area contributed by atoms with Gasteiger partial charge in [0.15, 0.2) is 0 Å². The summed E-state index contributed by atoms with van der Waals surface area (Å²) in [6, 6.07) is 10.2. The Hall–Kier alpha value is -1.79. The van der Waals surface area contributed by atoms with E-state index in [1.54, 1.807) is 30.3 Å². The average molecular weight is 325 g/mol. The molecule has 1 aliphatic heterocycles. The smallest absolute Gasteiger partial charge is 0.247 e. The van der Waals surface area contributed by atoms with E-state index in [1.165, 1.54) is 6.26 Å². The number of benzene rings is 1. The van der Waals surface area contributed by atoms with Crippen LogP contribution in [-0.2, 0) is 10.0 Å². The molecule has 21 heavy (non-hydrogen) atoms. The van der Waals surface area contributed by atoms with Crippen molar-refractivity contribution >= 4 is 27.3 Å². The minimum Gasteiger partial charge on any atom is -0.463 e. The lowest BCUT2D eigenvalue weighted by Crippen LogP contribution is -2.25. The highest BCUT2D eigenvalue weighted by Crippen LogP contribution is 2.35. The summed E-state index contributed by atoms with van der Waals surface area (Å²) in [7, 11) is -3.48. The quantitative estimate of drug-likeness (QED) is 0.871. The van der Waals surface area contributed by atoms with E-state index in [1.807, 2.05) is 6.07 Å². The van der Waals surface area contributed by atoms with Gasteiger partial charge in [0.1, 0.15) is 11.5 Å². The molecule has 2 heterocycles. The van der Waals surface area contributed by atoms with Gasteiger partial charge in [-0.2, -0.15) is 9.52 Å². The second-order valence-corrected chi connectivity index (χ2v) is 7.11. The molecule has 0 saturated carbocycles. The topological polar surface area (TPSA) is 62.9 Å². The van der Waals surface area contributed by atoms with E-state index in [0.29, 0.717) is 22.9 Å². The van der Waals surface area contributed by atoms with Crippen LogP contribution in [0.25, 0.3) is 0 Å². The van der Waals surface area contributed by atoms with Crippen LogP contribution >= 0.6 is 11.6 Å². The van der Waals surface area contributed by atoms with Gasteiger partial charge in [0.25, 0.3) is 0 Å². The Labute approximate surface area is 127 Å². The molecular weight excluding hydrogens is 312 g/mol. The zero-order valence-electron chi connectivity index (χ0n) is 11.2. The van der Waals surface area contributed by atoms with Gasteiger partial charge in [-0.25, -0.2) is 8.42 Å². The molecule has 1 aromatic carbocycles. The Balaban J connectivity index is 2.02. The second-order valence-electron chi connectivity index (χ2n) is 4.83. The van der Waals surface area contributed by atoms with Crippen LogP contribution in [0.4, 0.5) is 0 Å². The van der Waals surface area contributed by atoms with Gasteiger partial charge in [-0.1, -0.05) is 23.7 Å². The van der Waals surface area contributed by atoms with Crippen LogP contribution in [0.3, 0.4) is 0 Å². The van der Waals surface area contributed by atoms with E-state index in [4.69, 9.17) is 16.0 Å². The highest BCUT2D eigenvalue weighted by molar-refractivity contribution is 7.88. The molecule has 110 valence electrons. The molecule has 0 radical (unpaired) electrons. The van der Waals surface area contributed by atoms with Crippen LogP contribution in [0.15, 0.2) is 52.2 Å². The lowest BCUT2D eigenvalue weighted by atomic mass is 10.0. The fraction of sp³-hybridized carbons (Fsp3) is 0.214. The molecule has 0 saturated heterocycles. The van der Waals surface area contributed by atoms with Crippen LogP contribution in [0, 0.1) is 0 Å². The minimum atomic E-state index is -3.48. The van der Waals surface area contributed by atoms with Crippen molar-refractivity contribution in [2.75, 3.05) is 6.26 Å². The standard InChI is InChI=1S/C14H13ClN2O3S/c1-21(18,19)17-13(10-4-2-5-11(15)8-10)9-12(16-17)14-6-3-7-20-14/h2-8,13H,9H2,1H3. The summed E-state index contributed by atoms with van der Waals surface area (Å²) in [5, 5.41) is 4.78. The maximum Gasteiger partial charge on any atom is 0.247 e. The molecule has 0 bridgehead atoms. The highest BCUT2D eigenvalue weighted by atomic mass is 35.5. The molecule has 0 fully saturated rings. The lowest BCUT2D eigenvalue weighted by Gasteiger charge is -2.21. The Morgan fingerprint density at radius 2 is 2.14 bits per heavy atom. The number of halogens is 1. The zero-order valence-corrected chi connectivity index (χ0v) is 12.8. The number of hydrogen-bond donors (Lipinski definition) is 0. The number of hydrogen-bond acceptors (Lipinski definition) is 4. The first-order valence-electron chi connectivity index (χ1n) is 6.31. The Bertz CT molecular complexity index is 784. The van der Waals surface area contributed by atoms with E-state index in [9.17, 15) is 8.42 Å². The summed E-state index contributed by atoms with van der Waals surface area (Å²) >= 11 is 6.00. The van der Waals surface area contributed by atoms with E-state index in [-0.39, 0.29) is 0 Å². The highest BCUT2D eigenvalue weighted by Gasteiger charge is 2.35. The summed E-state index contributed by atoms with van der Waals surface area (Å²) in [6.07, 6.45) is 3.12. The molecule has 2 aromatic rings. The molecule has 1 aromatic heterocycles.